The number of nitrogens with one attached hydrogen (secondary N) is 1. The second kappa shape index (κ2) is 6.29. The highest BCUT2D eigenvalue weighted by Crippen LogP contribution is 2.15. The highest BCUT2D eigenvalue weighted by Gasteiger charge is 2.06. The van der Waals surface area contributed by atoms with Gasteiger partial charge in [-0.05, 0) is 38.3 Å². The molecule has 0 aliphatic heterocycles. The smallest absolute Gasteiger partial charge is 0.0302 e. The molecule has 15 heavy (non-hydrogen) atoms. The van der Waals surface area contributed by atoms with E-state index in [1.807, 2.05) is 11.3 Å². The van der Waals surface area contributed by atoms with Gasteiger partial charge in [0.1, 0.15) is 0 Å². The van der Waals surface area contributed by atoms with E-state index in [9.17, 15) is 0 Å². The van der Waals surface area contributed by atoms with Gasteiger partial charge in [-0.15, -0.1) is 11.3 Å². The Morgan fingerprint density at radius 3 is 2.60 bits per heavy atom. The quantitative estimate of drug-likeness (QED) is 0.772. The first-order valence-electron chi connectivity index (χ1n) is 5.90. The summed E-state index contributed by atoms with van der Waals surface area (Å²) >= 11 is 1.89. The number of aryl methyl sites for hydroxylation is 1. The van der Waals surface area contributed by atoms with Gasteiger partial charge in [0.05, 0.1) is 0 Å². The minimum absolute atomic E-state index is 0.627. The minimum Gasteiger partial charge on any atom is -0.309 e. The van der Waals surface area contributed by atoms with Crippen molar-refractivity contribution in [3.8, 4) is 0 Å². The second-order valence-electron chi connectivity index (χ2n) is 4.54. The zero-order valence-electron chi connectivity index (χ0n) is 10.3. The average Bonchev–Trinajstić information content (AvgIpc) is 2.61. The molecule has 0 saturated heterocycles. The summed E-state index contributed by atoms with van der Waals surface area (Å²) in [5, 5.41) is 3.59. The molecular weight excluding hydrogens is 202 g/mol. The molecule has 2 unspecified atom stereocenters. The Morgan fingerprint density at radius 1 is 1.33 bits per heavy atom. The van der Waals surface area contributed by atoms with Gasteiger partial charge in [-0.2, -0.15) is 0 Å². The van der Waals surface area contributed by atoms with Gasteiger partial charge in [-0.1, -0.05) is 20.3 Å². The number of rotatable bonds is 6. The molecule has 2 heteroatoms. The maximum atomic E-state index is 3.59. The fourth-order valence-electron chi connectivity index (χ4n) is 1.71. The lowest BCUT2D eigenvalue weighted by atomic mass is 10.0. The first-order chi connectivity index (χ1) is 7.11. The zero-order chi connectivity index (χ0) is 11.3. The van der Waals surface area contributed by atoms with Crippen LogP contribution in [0, 0.1) is 12.8 Å². The van der Waals surface area contributed by atoms with Crippen LogP contribution in [0.2, 0.25) is 0 Å². The van der Waals surface area contributed by atoms with E-state index in [4.69, 9.17) is 0 Å². The van der Waals surface area contributed by atoms with E-state index < -0.39 is 0 Å². The third-order valence-corrected chi connectivity index (χ3v) is 3.87. The molecule has 0 saturated carbocycles. The summed E-state index contributed by atoms with van der Waals surface area (Å²) < 4.78 is 0. The van der Waals surface area contributed by atoms with Crippen LogP contribution < -0.4 is 5.32 Å². The van der Waals surface area contributed by atoms with Crippen LogP contribution in [0.3, 0.4) is 0 Å². The molecule has 1 rings (SSSR count). The van der Waals surface area contributed by atoms with Crippen LogP contribution in [-0.2, 0) is 6.54 Å². The summed E-state index contributed by atoms with van der Waals surface area (Å²) in [6.07, 6.45) is 2.56. The monoisotopic (exact) mass is 225 g/mol. The maximum Gasteiger partial charge on any atom is 0.0302 e. The fourth-order valence-corrected chi connectivity index (χ4v) is 2.55. The lowest BCUT2D eigenvalue weighted by Crippen LogP contribution is -2.26. The molecule has 0 aliphatic carbocycles. The van der Waals surface area contributed by atoms with Crippen LogP contribution in [0.15, 0.2) is 12.1 Å². The van der Waals surface area contributed by atoms with E-state index >= 15 is 0 Å². The van der Waals surface area contributed by atoms with Crippen LogP contribution in [0.5, 0.6) is 0 Å². The van der Waals surface area contributed by atoms with E-state index in [1.165, 1.54) is 22.6 Å². The molecule has 0 spiro atoms. The van der Waals surface area contributed by atoms with Crippen molar-refractivity contribution in [2.75, 3.05) is 0 Å². The Hall–Kier alpha value is -0.340. The largest absolute Gasteiger partial charge is 0.309 e. The topological polar surface area (TPSA) is 12.0 Å². The summed E-state index contributed by atoms with van der Waals surface area (Å²) in [5.41, 5.74) is 0. The Balaban J connectivity index is 2.25. The average molecular weight is 225 g/mol. The van der Waals surface area contributed by atoms with Crippen molar-refractivity contribution in [1.82, 2.24) is 5.32 Å². The fraction of sp³-hybridized carbons (Fsp3) is 0.692. The molecule has 0 amide bonds. The second-order valence-corrected chi connectivity index (χ2v) is 5.92. The van der Waals surface area contributed by atoms with Gasteiger partial charge in [0.25, 0.3) is 0 Å². The van der Waals surface area contributed by atoms with Crippen molar-refractivity contribution < 1.29 is 0 Å². The third-order valence-electron chi connectivity index (χ3n) is 2.87. The van der Waals surface area contributed by atoms with Gasteiger partial charge >= 0.3 is 0 Å². The molecule has 0 fully saturated rings. The van der Waals surface area contributed by atoms with Crippen molar-refractivity contribution in [2.45, 2.75) is 53.1 Å². The Labute approximate surface area is 97.9 Å². The molecule has 0 aromatic carbocycles. The van der Waals surface area contributed by atoms with Gasteiger partial charge in [0, 0.05) is 22.3 Å². The Morgan fingerprint density at radius 2 is 2.07 bits per heavy atom. The van der Waals surface area contributed by atoms with Crippen LogP contribution >= 0.6 is 11.3 Å². The van der Waals surface area contributed by atoms with E-state index in [1.54, 1.807) is 0 Å². The van der Waals surface area contributed by atoms with Gasteiger partial charge in [0.15, 0.2) is 0 Å². The molecular formula is C13H23NS. The zero-order valence-corrected chi connectivity index (χ0v) is 11.2. The summed E-state index contributed by atoms with van der Waals surface area (Å²) in [4.78, 5) is 2.85. The molecule has 0 aliphatic rings. The van der Waals surface area contributed by atoms with Crippen molar-refractivity contribution >= 4 is 11.3 Å². The van der Waals surface area contributed by atoms with Gasteiger partial charge in [-0.25, -0.2) is 0 Å². The number of hydrogen-bond acceptors (Lipinski definition) is 2. The Kier molecular flexibility index (Phi) is 5.34. The van der Waals surface area contributed by atoms with Crippen molar-refractivity contribution in [1.29, 1.82) is 0 Å². The molecule has 1 heterocycles. The van der Waals surface area contributed by atoms with Crippen molar-refractivity contribution in [3.63, 3.8) is 0 Å². The number of hydrogen-bond donors (Lipinski definition) is 1. The maximum absolute atomic E-state index is 3.59. The van der Waals surface area contributed by atoms with Crippen LogP contribution in [0.25, 0.3) is 0 Å². The summed E-state index contributed by atoms with van der Waals surface area (Å²) in [6, 6.07) is 5.05. The summed E-state index contributed by atoms with van der Waals surface area (Å²) in [6.45, 7) is 10.1. The summed E-state index contributed by atoms with van der Waals surface area (Å²) in [7, 11) is 0. The van der Waals surface area contributed by atoms with Crippen LogP contribution in [-0.4, -0.2) is 6.04 Å². The molecule has 2 atom stereocenters. The van der Waals surface area contributed by atoms with E-state index in [0.29, 0.717) is 6.04 Å². The van der Waals surface area contributed by atoms with Crippen LogP contribution in [0.4, 0.5) is 0 Å². The minimum atomic E-state index is 0.627. The van der Waals surface area contributed by atoms with E-state index in [2.05, 4.69) is 45.1 Å². The highest BCUT2D eigenvalue weighted by molar-refractivity contribution is 7.11. The first-order valence-corrected chi connectivity index (χ1v) is 6.72. The predicted molar refractivity (Wildman–Crippen MR) is 69.4 cm³/mol. The molecule has 0 bridgehead atoms. The Bertz CT molecular complexity index is 280. The number of thiophene rings is 1. The predicted octanol–water partition coefficient (Wildman–Crippen LogP) is 3.97. The molecule has 1 N–H and O–H groups in total. The highest BCUT2D eigenvalue weighted by atomic mass is 32.1. The van der Waals surface area contributed by atoms with E-state index in [-0.39, 0.29) is 0 Å². The van der Waals surface area contributed by atoms with Gasteiger partial charge < -0.3 is 5.32 Å². The molecule has 1 aromatic heterocycles. The van der Waals surface area contributed by atoms with Gasteiger partial charge in [0.2, 0.25) is 0 Å². The summed E-state index contributed by atoms with van der Waals surface area (Å²) in [5.74, 6) is 0.831. The standard InChI is InChI=1S/C13H23NS/c1-5-10(2)8-11(3)14-9-13-7-6-12(4)15-13/h6-7,10-11,14H,5,8-9H2,1-4H3. The van der Waals surface area contributed by atoms with Crippen molar-refractivity contribution in [2.24, 2.45) is 5.92 Å². The molecule has 1 aromatic rings. The van der Waals surface area contributed by atoms with Crippen molar-refractivity contribution in [3.05, 3.63) is 21.9 Å². The lowest BCUT2D eigenvalue weighted by Gasteiger charge is -2.16. The van der Waals surface area contributed by atoms with E-state index in [0.717, 1.165) is 12.5 Å². The van der Waals surface area contributed by atoms with Crippen LogP contribution in [0.1, 0.15) is 43.4 Å². The lowest BCUT2D eigenvalue weighted by molar-refractivity contribution is 0.413. The molecule has 0 radical (unpaired) electrons. The van der Waals surface area contributed by atoms with Gasteiger partial charge in [-0.3, -0.25) is 0 Å². The molecule has 1 nitrogen and oxygen atoms in total. The molecule has 86 valence electrons. The first kappa shape index (κ1) is 12.7. The third kappa shape index (κ3) is 4.80. The SMILES string of the molecule is CCC(C)CC(C)NCc1ccc(C)s1. The normalized spacial score (nSPS) is 15.2.